The van der Waals surface area contributed by atoms with Crippen LogP contribution in [0.1, 0.15) is 13.3 Å². The molecule has 102 valence electrons. The van der Waals surface area contributed by atoms with Crippen molar-refractivity contribution in [3.8, 4) is 5.75 Å². The topological polar surface area (TPSA) is 68.7 Å². The summed E-state index contributed by atoms with van der Waals surface area (Å²) in [7, 11) is 1.30. The molecule has 0 N–H and O–H groups in total. The maximum Gasteiger partial charge on any atom is 0.329 e. The summed E-state index contributed by atoms with van der Waals surface area (Å²) in [6, 6.07) is 2.73. The van der Waals surface area contributed by atoms with Crippen molar-refractivity contribution in [1.29, 1.82) is 0 Å². The van der Waals surface area contributed by atoms with Crippen LogP contribution in [-0.2, 0) is 14.3 Å². The Morgan fingerprint density at radius 3 is 3.00 bits per heavy atom. The third kappa shape index (κ3) is 2.56. The molecule has 0 saturated carbocycles. The van der Waals surface area contributed by atoms with Crippen molar-refractivity contribution in [3.63, 3.8) is 0 Å². The molecule has 0 saturated heterocycles. The lowest BCUT2D eigenvalue weighted by Gasteiger charge is -2.32. The first-order valence-electron chi connectivity index (χ1n) is 5.77. The van der Waals surface area contributed by atoms with Gasteiger partial charge in [-0.1, -0.05) is 6.92 Å². The quantitative estimate of drug-likeness (QED) is 0.621. The Morgan fingerprint density at radius 1 is 1.63 bits per heavy atom. The summed E-state index contributed by atoms with van der Waals surface area (Å²) in [5.41, 5.74) is 0. The molecule has 0 fully saturated rings. The monoisotopic (exact) mass is 328 g/mol. The van der Waals surface area contributed by atoms with E-state index in [-0.39, 0.29) is 12.5 Å². The molecule has 7 heteroatoms. The predicted octanol–water partition coefficient (Wildman–Crippen LogP) is 1.52. The number of amides is 1. The highest BCUT2D eigenvalue weighted by Crippen LogP contribution is 2.33. The molecule has 1 aliphatic heterocycles. The van der Waals surface area contributed by atoms with E-state index in [0.717, 1.165) is 0 Å². The predicted molar refractivity (Wildman–Crippen MR) is 71.0 cm³/mol. The van der Waals surface area contributed by atoms with Crippen molar-refractivity contribution in [2.75, 3.05) is 18.6 Å². The standard InChI is InChI=1S/C12H13BrN2O4/c1-3-7(12(17)18-2)15-10(16)6-19-8-4-5-9(13)14-11(8)15/h4-5,7H,3,6H2,1-2H3. The molecule has 0 aliphatic carbocycles. The van der Waals surface area contributed by atoms with Crippen LogP contribution in [0.25, 0.3) is 0 Å². The summed E-state index contributed by atoms with van der Waals surface area (Å²) in [5.74, 6) is 0.0360. The lowest BCUT2D eigenvalue weighted by atomic mass is 10.1. The second-order valence-corrected chi connectivity index (χ2v) is 4.77. The maximum absolute atomic E-state index is 12.0. The van der Waals surface area contributed by atoms with Crippen LogP contribution >= 0.6 is 15.9 Å². The first-order chi connectivity index (χ1) is 9.08. The molecule has 0 radical (unpaired) electrons. The number of anilines is 1. The molecule has 2 heterocycles. The van der Waals surface area contributed by atoms with Crippen molar-refractivity contribution in [2.45, 2.75) is 19.4 Å². The molecule has 0 spiro atoms. The maximum atomic E-state index is 12.0. The third-order valence-electron chi connectivity index (χ3n) is 2.82. The second-order valence-electron chi connectivity index (χ2n) is 3.96. The molecule has 2 rings (SSSR count). The highest BCUT2D eigenvalue weighted by atomic mass is 79.9. The molecular formula is C12H13BrN2O4. The number of ether oxygens (including phenoxy) is 2. The number of methoxy groups -OCH3 is 1. The molecule has 1 atom stereocenters. The van der Waals surface area contributed by atoms with Crippen molar-refractivity contribution in [1.82, 2.24) is 4.98 Å². The van der Waals surface area contributed by atoms with Gasteiger partial charge in [0.05, 0.1) is 7.11 Å². The number of carbonyl (C=O) groups is 2. The van der Waals surface area contributed by atoms with Crippen molar-refractivity contribution >= 4 is 33.6 Å². The zero-order valence-corrected chi connectivity index (χ0v) is 12.1. The summed E-state index contributed by atoms with van der Waals surface area (Å²) in [6.07, 6.45) is 0.437. The summed E-state index contributed by atoms with van der Waals surface area (Å²) < 4.78 is 10.6. The lowest BCUT2D eigenvalue weighted by molar-refractivity contribution is -0.144. The lowest BCUT2D eigenvalue weighted by Crippen LogP contribution is -2.50. The highest BCUT2D eigenvalue weighted by Gasteiger charge is 2.36. The van der Waals surface area contributed by atoms with Crippen LogP contribution in [0.5, 0.6) is 5.75 Å². The van der Waals surface area contributed by atoms with Crippen LogP contribution in [0.15, 0.2) is 16.7 Å². The molecule has 19 heavy (non-hydrogen) atoms. The number of halogens is 1. The highest BCUT2D eigenvalue weighted by molar-refractivity contribution is 9.10. The SMILES string of the molecule is CCC(C(=O)OC)N1C(=O)COc2ccc(Br)nc21. The number of hydrogen-bond acceptors (Lipinski definition) is 5. The number of carbonyl (C=O) groups excluding carboxylic acids is 2. The smallest absolute Gasteiger partial charge is 0.329 e. The summed E-state index contributed by atoms with van der Waals surface area (Å²) in [5, 5.41) is 0. The van der Waals surface area contributed by atoms with E-state index in [1.807, 2.05) is 6.92 Å². The van der Waals surface area contributed by atoms with Gasteiger partial charge in [-0.15, -0.1) is 0 Å². The van der Waals surface area contributed by atoms with Gasteiger partial charge in [0.1, 0.15) is 10.6 Å². The van der Waals surface area contributed by atoms with E-state index < -0.39 is 12.0 Å². The Kier molecular flexibility index (Phi) is 4.04. The largest absolute Gasteiger partial charge is 0.480 e. The van der Waals surface area contributed by atoms with Gasteiger partial charge in [0.25, 0.3) is 5.91 Å². The second kappa shape index (κ2) is 5.56. The minimum absolute atomic E-state index is 0.107. The van der Waals surface area contributed by atoms with Gasteiger partial charge < -0.3 is 9.47 Å². The van der Waals surface area contributed by atoms with Gasteiger partial charge in [0.15, 0.2) is 18.2 Å². The first kappa shape index (κ1) is 13.8. The molecule has 1 aliphatic rings. The zero-order valence-electron chi connectivity index (χ0n) is 10.6. The average Bonchev–Trinajstić information content (AvgIpc) is 2.41. The van der Waals surface area contributed by atoms with Gasteiger partial charge >= 0.3 is 5.97 Å². The van der Waals surface area contributed by atoms with Gasteiger partial charge in [0, 0.05) is 0 Å². The van der Waals surface area contributed by atoms with Crippen molar-refractivity contribution in [3.05, 3.63) is 16.7 Å². The summed E-state index contributed by atoms with van der Waals surface area (Å²) >= 11 is 3.24. The molecule has 1 aromatic rings. The summed E-state index contributed by atoms with van der Waals surface area (Å²) in [4.78, 5) is 29.4. The Morgan fingerprint density at radius 2 is 2.37 bits per heavy atom. The molecule has 1 aromatic heterocycles. The van der Waals surface area contributed by atoms with E-state index >= 15 is 0 Å². The van der Waals surface area contributed by atoms with Crippen molar-refractivity contribution < 1.29 is 19.1 Å². The average molecular weight is 329 g/mol. The Labute approximate surface area is 118 Å². The van der Waals surface area contributed by atoms with E-state index in [0.29, 0.717) is 22.6 Å². The number of fused-ring (bicyclic) bond motifs is 1. The van der Waals surface area contributed by atoms with Crippen molar-refractivity contribution in [2.24, 2.45) is 0 Å². The zero-order chi connectivity index (χ0) is 14.0. The molecule has 6 nitrogen and oxygen atoms in total. The van der Waals surface area contributed by atoms with Gasteiger partial charge in [-0.3, -0.25) is 9.69 Å². The van der Waals surface area contributed by atoms with Crippen LogP contribution in [0.3, 0.4) is 0 Å². The Hall–Kier alpha value is -1.63. The fraction of sp³-hybridized carbons (Fsp3) is 0.417. The van der Waals surface area contributed by atoms with Crippen LogP contribution in [-0.4, -0.2) is 36.6 Å². The number of pyridine rings is 1. The van der Waals surface area contributed by atoms with E-state index in [4.69, 9.17) is 9.47 Å². The number of nitrogens with zero attached hydrogens (tertiary/aromatic N) is 2. The van der Waals surface area contributed by atoms with Crippen LogP contribution in [0, 0.1) is 0 Å². The van der Waals surface area contributed by atoms with Gasteiger partial charge in [-0.05, 0) is 34.5 Å². The fourth-order valence-electron chi connectivity index (χ4n) is 1.94. The molecule has 1 amide bonds. The molecular weight excluding hydrogens is 316 g/mol. The van der Waals surface area contributed by atoms with E-state index in [9.17, 15) is 9.59 Å². The van der Waals surface area contributed by atoms with E-state index in [2.05, 4.69) is 20.9 Å². The third-order valence-corrected chi connectivity index (χ3v) is 3.27. The Balaban J connectivity index is 2.47. The minimum Gasteiger partial charge on any atom is -0.480 e. The van der Waals surface area contributed by atoms with Crippen LogP contribution in [0.2, 0.25) is 0 Å². The van der Waals surface area contributed by atoms with E-state index in [1.54, 1.807) is 12.1 Å². The minimum atomic E-state index is -0.693. The molecule has 0 aromatic carbocycles. The van der Waals surface area contributed by atoms with Gasteiger partial charge in [0.2, 0.25) is 0 Å². The van der Waals surface area contributed by atoms with Crippen LogP contribution in [0.4, 0.5) is 5.82 Å². The van der Waals surface area contributed by atoms with Crippen LogP contribution < -0.4 is 9.64 Å². The fourth-order valence-corrected chi connectivity index (χ4v) is 2.24. The normalized spacial score (nSPS) is 15.5. The Bertz CT molecular complexity index is 520. The molecule has 1 unspecified atom stereocenters. The molecule has 0 bridgehead atoms. The first-order valence-corrected chi connectivity index (χ1v) is 6.57. The van der Waals surface area contributed by atoms with Gasteiger partial charge in [-0.25, -0.2) is 9.78 Å². The number of rotatable bonds is 3. The number of aromatic nitrogens is 1. The number of esters is 1. The summed E-state index contributed by atoms with van der Waals surface area (Å²) in [6.45, 7) is 1.70. The van der Waals surface area contributed by atoms with Gasteiger partial charge in [-0.2, -0.15) is 0 Å². The number of hydrogen-bond donors (Lipinski definition) is 0. The van der Waals surface area contributed by atoms with E-state index in [1.165, 1.54) is 12.0 Å².